The lowest BCUT2D eigenvalue weighted by Crippen LogP contribution is -2.41. The zero-order valence-corrected chi connectivity index (χ0v) is 11.9. The SMILES string of the molecule is CN(CC(C)(C)CN)C(=O)C1C2C3CCC(C3)C12. The highest BCUT2D eigenvalue weighted by Gasteiger charge is 2.67. The lowest BCUT2D eigenvalue weighted by atomic mass is 9.93. The van der Waals surface area contributed by atoms with Gasteiger partial charge >= 0.3 is 0 Å². The lowest BCUT2D eigenvalue weighted by molar-refractivity contribution is -0.133. The molecule has 2 N–H and O–H groups in total. The summed E-state index contributed by atoms with van der Waals surface area (Å²) in [6.45, 7) is 5.68. The van der Waals surface area contributed by atoms with Crippen molar-refractivity contribution in [2.24, 2.45) is 40.7 Å². The van der Waals surface area contributed by atoms with Gasteiger partial charge in [0.1, 0.15) is 0 Å². The van der Waals surface area contributed by atoms with Gasteiger partial charge in [0.05, 0.1) is 0 Å². The quantitative estimate of drug-likeness (QED) is 0.826. The lowest BCUT2D eigenvalue weighted by Gasteiger charge is -2.29. The van der Waals surface area contributed by atoms with Gasteiger partial charge in [0.25, 0.3) is 0 Å². The molecule has 3 aliphatic carbocycles. The van der Waals surface area contributed by atoms with Gasteiger partial charge in [0.15, 0.2) is 0 Å². The molecule has 1 amide bonds. The Morgan fingerprint density at radius 3 is 2.33 bits per heavy atom. The normalized spacial score (nSPS) is 40.8. The molecule has 2 bridgehead atoms. The van der Waals surface area contributed by atoms with Crippen molar-refractivity contribution in [1.29, 1.82) is 0 Å². The summed E-state index contributed by atoms with van der Waals surface area (Å²) in [5.41, 5.74) is 5.79. The van der Waals surface area contributed by atoms with E-state index < -0.39 is 0 Å². The van der Waals surface area contributed by atoms with Gasteiger partial charge in [-0.25, -0.2) is 0 Å². The summed E-state index contributed by atoms with van der Waals surface area (Å²) in [7, 11) is 1.95. The highest BCUT2D eigenvalue weighted by atomic mass is 16.2. The number of carbonyl (C=O) groups excluding carboxylic acids is 1. The first-order valence-electron chi connectivity index (χ1n) is 7.39. The van der Waals surface area contributed by atoms with Gasteiger partial charge in [-0.3, -0.25) is 4.79 Å². The van der Waals surface area contributed by atoms with E-state index in [0.717, 1.165) is 30.2 Å². The third-order valence-electron chi connectivity index (χ3n) is 5.61. The third-order valence-corrected chi connectivity index (χ3v) is 5.61. The molecular formula is C15H26N2O. The van der Waals surface area contributed by atoms with Crippen LogP contribution < -0.4 is 5.73 Å². The van der Waals surface area contributed by atoms with Crippen molar-refractivity contribution in [3.8, 4) is 0 Å². The summed E-state index contributed by atoms with van der Waals surface area (Å²) in [6, 6.07) is 0. The molecule has 4 unspecified atom stereocenters. The van der Waals surface area contributed by atoms with Crippen LogP contribution in [-0.4, -0.2) is 30.9 Å². The Morgan fingerprint density at radius 1 is 1.28 bits per heavy atom. The number of nitrogens with two attached hydrogens (primary N) is 1. The Hall–Kier alpha value is -0.570. The largest absolute Gasteiger partial charge is 0.345 e. The van der Waals surface area contributed by atoms with E-state index in [1.54, 1.807) is 0 Å². The molecule has 102 valence electrons. The first-order valence-corrected chi connectivity index (χ1v) is 7.39. The van der Waals surface area contributed by atoms with Crippen LogP contribution >= 0.6 is 0 Å². The molecule has 4 atom stereocenters. The average Bonchev–Trinajstić information content (AvgIpc) is 2.75. The van der Waals surface area contributed by atoms with Gasteiger partial charge in [-0.15, -0.1) is 0 Å². The topological polar surface area (TPSA) is 46.3 Å². The van der Waals surface area contributed by atoms with Crippen molar-refractivity contribution >= 4 is 5.91 Å². The minimum absolute atomic E-state index is 0.0351. The number of carbonyl (C=O) groups is 1. The van der Waals surface area contributed by atoms with Gasteiger partial charge in [-0.2, -0.15) is 0 Å². The summed E-state index contributed by atoms with van der Waals surface area (Å²) in [5.74, 6) is 4.02. The molecule has 18 heavy (non-hydrogen) atoms. The van der Waals surface area contributed by atoms with E-state index in [1.807, 2.05) is 11.9 Å². The summed E-state index contributed by atoms with van der Waals surface area (Å²) in [4.78, 5) is 14.5. The van der Waals surface area contributed by atoms with Crippen molar-refractivity contribution in [2.45, 2.75) is 33.1 Å². The summed E-state index contributed by atoms with van der Waals surface area (Å²) >= 11 is 0. The summed E-state index contributed by atoms with van der Waals surface area (Å²) < 4.78 is 0. The molecule has 0 aromatic rings. The Labute approximate surface area is 110 Å². The average molecular weight is 250 g/mol. The predicted molar refractivity (Wildman–Crippen MR) is 71.8 cm³/mol. The number of hydrogen-bond donors (Lipinski definition) is 1. The maximum Gasteiger partial charge on any atom is 0.226 e. The van der Waals surface area contributed by atoms with E-state index >= 15 is 0 Å². The Balaban J connectivity index is 1.60. The van der Waals surface area contributed by atoms with E-state index in [-0.39, 0.29) is 5.41 Å². The number of fused-ring (bicyclic) bond motifs is 5. The second kappa shape index (κ2) is 3.96. The molecule has 0 radical (unpaired) electrons. The molecule has 0 saturated heterocycles. The number of hydrogen-bond acceptors (Lipinski definition) is 2. The summed E-state index contributed by atoms with van der Waals surface area (Å²) in [5, 5.41) is 0. The molecule has 3 heteroatoms. The van der Waals surface area contributed by atoms with Crippen molar-refractivity contribution in [1.82, 2.24) is 4.90 Å². The monoisotopic (exact) mass is 250 g/mol. The smallest absolute Gasteiger partial charge is 0.226 e. The van der Waals surface area contributed by atoms with Crippen molar-refractivity contribution in [3.05, 3.63) is 0 Å². The van der Waals surface area contributed by atoms with E-state index in [9.17, 15) is 4.79 Å². The minimum Gasteiger partial charge on any atom is -0.345 e. The molecule has 3 aliphatic rings. The van der Waals surface area contributed by atoms with Gasteiger partial charge < -0.3 is 10.6 Å². The van der Waals surface area contributed by atoms with E-state index in [4.69, 9.17) is 5.73 Å². The van der Waals surface area contributed by atoms with Gasteiger partial charge in [0, 0.05) is 19.5 Å². The van der Waals surface area contributed by atoms with Crippen LogP contribution in [0.1, 0.15) is 33.1 Å². The number of amides is 1. The molecule has 0 aromatic carbocycles. The van der Waals surface area contributed by atoms with Crippen molar-refractivity contribution in [3.63, 3.8) is 0 Å². The maximum absolute atomic E-state index is 12.5. The molecule has 3 saturated carbocycles. The maximum atomic E-state index is 12.5. The zero-order valence-electron chi connectivity index (χ0n) is 11.9. The molecule has 3 rings (SSSR count). The molecule has 3 nitrogen and oxygen atoms in total. The minimum atomic E-state index is 0.0351. The fraction of sp³-hybridized carbons (Fsp3) is 0.933. The number of rotatable bonds is 4. The third kappa shape index (κ3) is 1.78. The van der Waals surface area contributed by atoms with Crippen LogP contribution in [0.25, 0.3) is 0 Å². The second-order valence-electron chi connectivity index (χ2n) is 7.58. The summed E-state index contributed by atoms with van der Waals surface area (Å²) in [6.07, 6.45) is 4.18. The standard InChI is InChI=1S/C15H26N2O/c1-15(2,7-16)8-17(3)14(18)13-11-9-4-5-10(6-9)12(11)13/h9-13H,4-8,16H2,1-3H3. The van der Waals surface area contributed by atoms with Crippen molar-refractivity contribution < 1.29 is 4.79 Å². The van der Waals surface area contributed by atoms with Crippen LogP contribution in [0.15, 0.2) is 0 Å². The van der Waals surface area contributed by atoms with E-state index in [0.29, 0.717) is 18.4 Å². The Kier molecular flexibility index (Phi) is 2.74. The van der Waals surface area contributed by atoms with Crippen LogP contribution in [0, 0.1) is 35.0 Å². The Bertz CT molecular complexity index is 350. The van der Waals surface area contributed by atoms with Gasteiger partial charge in [-0.1, -0.05) is 13.8 Å². The fourth-order valence-corrected chi connectivity index (χ4v) is 4.69. The molecule has 0 aliphatic heterocycles. The van der Waals surface area contributed by atoms with E-state index in [2.05, 4.69) is 13.8 Å². The zero-order chi connectivity index (χ0) is 13.1. The van der Waals surface area contributed by atoms with Crippen LogP contribution in [0.2, 0.25) is 0 Å². The highest BCUT2D eigenvalue weighted by molar-refractivity contribution is 5.82. The van der Waals surface area contributed by atoms with Gasteiger partial charge in [0.2, 0.25) is 5.91 Å². The molecule has 0 heterocycles. The van der Waals surface area contributed by atoms with Crippen LogP contribution in [-0.2, 0) is 4.79 Å². The molecule has 0 aromatic heterocycles. The Morgan fingerprint density at radius 2 is 1.83 bits per heavy atom. The predicted octanol–water partition coefficient (Wildman–Crippen LogP) is 1.72. The van der Waals surface area contributed by atoms with Crippen LogP contribution in [0.4, 0.5) is 0 Å². The first-order chi connectivity index (χ1) is 8.44. The fourth-order valence-electron chi connectivity index (χ4n) is 4.69. The highest BCUT2D eigenvalue weighted by Crippen LogP contribution is 2.69. The molecule has 3 fully saturated rings. The van der Waals surface area contributed by atoms with Crippen LogP contribution in [0.3, 0.4) is 0 Å². The first kappa shape index (κ1) is 12.5. The number of nitrogens with zero attached hydrogens (tertiary/aromatic N) is 1. The van der Waals surface area contributed by atoms with E-state index in [1.165, 1.54) is 19.3 Å². The molecule has 0 spiro atoms. The van der Waals surface area contributed by atoms with Crippen molar-refractivity contribution in [2.75, 3.05) is 20.1 Å². The van der Waals surface area contributed by atoms with Crippen LogP contribution in [0.5, 0.6) is 0 Å². The second-order valence-corrected chi connectivity index (χ2v) is 7.58. The van der Waals surface area contributed by atoms with Gasteiger partial charge in [-0.05, 0) is 54.9 Å². The molecular weight excluding hydrogens is 224 g/mol.